The summed E-state index contributed by atoms with van der Waals surface area (Å²) in [6.45, 7) is 1.59. The zero-order valence-electron chi connectivity index (χ0n) is 12.4. The summed E-state index contributed by atoms with van der Waals surface area (Å²) in [5.41, 5.74) is 3.79. The second-order valence-corrected chi connectivity index (χ2v) is 4.65. The van der Waals surface area contributed by atoms with Crippen molar-refractivity contribution in [2.24, 2.45) is 4.99 Å². The summed E-state index contributed by atoms with van der Waals surface area (Å²) in [5.74, 6) is -0.296. The molecule has 0 unspecified atom stereocenters. The predicted molar refractivity (Wildman–Crippen MR) is 84.7 cm³/mol. The molecule has 7 heteroatoms. The minimum Gasteiger partial charge on any atom is -0.342 e. The number of benzene rings is 2. The number of hydrogen-bond donors (Lipinski definition) is 1. The summed E-state index contributed by atoms with van der Waals surface area (Å²) < 4.78 is 0. The molecule has 0 saturated heterocycles. The number of nitro groups is 1. The van der Waals surface area contributed by atoms with Gasteiger partial charge in [-0.05, 0) is 5.56 Å². The molecule has 0 aromatic heterocycles. The van der Waals surface area contributed by atoms with Gasteiger partial charge in [0, 0.05) is 24.6 Å². The molecule has 7 nitrogen and oxygen atoms in total. The Hall–Kier alpha value is -3.22. The minimum atomic E-state index is -0.539. The van der Waals surface area contributed by atoms with Crippen LogP contribution < -0.4 is 5.48 Å². The van der Waals surface area contributed by atoms with E-state index in [0.717, 1.165) is 5.56 Å². The molecule has 0 aliphatic heterocycles. The van der Waals surface area contributed by atoms with Crippen LogP contribution in [0.1, 0.15) is 18.1 Å². The first-order valence-corrected chi connectivity index (χ1v) is 6.83. The number of amidine groups is 1. The fourth-order valence-electron chi connectivity index (χ4n) is 1.82. The van der Waals surface area contributed by atoms with Gasteiger partial charge in [-0.25, -0.2) is 5.48 Å². The van der Waals surface area contributed by atoms with Crippen molar-refractivity contribution in [1.29, 1.82) is 0 Å². The Morgan fingerprint density at radius 3 is 2.61 bits per heavy atom. The summed E-state index contributed by atoms with van der Waals surface area (Å²) in [5, 5.41) is 10.9. The van der Waals surface area contributed by atoms with Crippen LogP contribution in [0.4, 0.5) is 5.69 Å². The predicted octanol–water partition coefficient (Wildman–Crippen LogP) is 2.61. The van der Waals surface area contributed by atoms with Gasteiger partial charge in [0.15, 0.2) is 5.84 Å². The lowest BCUT2D eigenvalue weighted by Gasteiger charge is -2.09. The summed E-state index contributed by atoms with van der Waals surface area (Å²) in [6.07, 6.45) is 0. The highest BCUT2D eigenvalue weighted by molar-refractivity contribution is 5.99. The number of non-ortho nitro benzene ring substituents is 1. The van der Waals surface area contributed by atoms with E-state index < -0.39 is 10.9 Å². The van der Waals surface area contributed by atoms with E-state index in [0.29, 0.717) is 12.1 Å². The fraction of sp³-hybridized carbons (Fsp3) is 0.125. The maximum absolute atomic E-state index is 11.0. The third kappa shape index (κ3) is 4.92. The first kappa shape index (κ1) is 16.2. The van der Waals surface area contributed by atoms with Crippen molar-refractivity contribution in [3.63, 3.8) is 0 Å². The number of nitrogens with one attached hydrogen (secondary N) is 1. The Morgan fingerprint density at radius 1 is 1.22 bits per heavy atom. The molecule has 0 bridgehead atoms. The van der Waals surface area contributed by atoms with E-state index in [2.05, 4.69) is 10.5 Å². The standard InChI is InChI=1S/C16H15N3O4/c1-12(20)23-18-16(17-11-13-6-3-2-4-7-13)14-8-5-9-15(10-14)19(21)22/h2-10H,11H2,1H3,(H,17,18). The van der Waals surface area contributed by atoms with Crippen LogP contribution in [0.15, 0.2) is 59.6 Å². The normalized spacial score (nSPS) is 10.9. The van der Waals surface area contributed by atoms with Gasteiger partial charge >= 0.3 is 5.97 Å². The minimum absolute atomic E-state index is 0.0699. The highest BCUT2D eigenvalue weighted by atomic mass is 16.7. The quantitative estimate of drug-likeness (QED) is 0.405. The van der Waals surface area contributed by atoms with Gasteiger partial charge in [0.1, 0.15) is 0 Å². The molecular formula is C16H15N3O4. The number of nitrogens with zero attached hydrogens (tertiary/aromatic N) is 2. The molecule has 0 aliphatic carbocycles. The number of hydroxylamine groups is 1. The highest BCUT2D eigenvalue weighted by Gasteiger charge is 2.11. The molecule has 1 N–H and O–H groups in total. The zero-order chi connectivity index (χ0) is 16.7. The summed E-state index contributed by atoms with van der Waals surface area (Å²) in [6, 6.07) is 15.4. The lowest BCUT2D eigenvalue weighted by atomic mass is 10.2. The van der Waals surface area contributed by atoms with Crippen LogP contribution in [-0.2, 0) is 16.2 Å². The molecule has 0 heterocycles. The Morgan fingerprint density at radius 2 is 1.96 bits per heavy atom. The average Bonchev–Trinajstić information content (AvgIpc) is 2.55. The summed E-state index contributed by atoms with van der Waals surface area (Å²) in [4.78, 5) is 30.5. The lowest BCUT2D eigenvalue weighted by Crippen LogP contribution is -2.27. The van der Waals surface area contributed by atoms with Gasteiger partial charge in [-0.2, -0.15) is 0 Å². The molecule has 0 spiro atoms. The van der Waals surface area contributed by atoms with E-state index in [4.69, 9.17) is 4.84 Å². The Kier molecular flexibility index (Phi) is 5.40. The van der Waals surface area contributed by atoms with Crippen molar-refractivity contribution in [3.8, 4) is 0 Å². The number of nitro benzene ring substituents is 1. The summed E-state index contributed by atoms with van der Waals surface area (Å²) >= 11 is 0. The summed E-state index contributed by atoms with van der Waals surface area (Å²) in [7, 11) is 0. The van der Waals surface area contributed by atoms with Crippen LogP contribution in [0.2, 0.25) is 0 Å². The number of hydrogen-bond acceptors (Lipinski definition) is 5. The third-order valence-corrected chi connectivity index (χ3v) is 2.88. The van der Waals surface area contributed by atoms with Gasteiger partial charge in [0.05, 0.1) is 11.5 Å². The van der Waals surface area contributed by atoms with Crippen LogP contribution in [0, 0.1) is 10.1 Å². The second-order valence-electron chi connectivity index (χ2n) is 4.65. The van der Waals surface area contributed by atoms with E-state index >= 15 is 0 Å². The zero-order valence-corrected chi connectivity index (χ0v) is 12.4. The molecule has 2 aromatic carbocycles. The largest absolute Gasteiger partial charge is 0.342 e. The number of rotatable bonds is 4. The van der Waals surface area contributed by atoms with E-state index in [9.17, 15) is 14.9 Å². The fourth-order valence-corrected chi connectivity index (χ4v) is 1.82. The molecular weight excluding hydrogens is 298 g/mol. The molecule has 0 atom stereocenters. The lowest BCUT2D eigenvalue weighted by molar-refractivity contribution is -0.384. The smallest absolute Gasteiger partial charge is 0.329 e. The molecule has 118 valence electrons. The van der Waals surface area contributed by atoms with Gasteiger partial charge in [0.25, 0.3) is 5.69 Å². The molecule has 0 saturated carbocycles. The van der Waals surface area contributed by atoms with Crippen molar-refractivity contribution in [1.82, 2.24) is 5.48 Å². The Balaban J connectivity index is 2.27. The molecule has 0 amide bonds. The van der Waals surface area contributed by atoms with Crippen molar-refractivity contribution in [2.45, 2.75) is 13.5 Å². The van der Waals surface area contributed by atoms with Crippen molar-refractivity contribution < 1.29 is 14.6 Å². The van der Waals surface area contributed by atoms with Crippen LogP contribution in [0.25, 0.3) is 0 Å². The molecule has 0 radical (unpaired) electrons. The Bertz CT molecular complexity index is 729. The van der Waals surface area contributed by atoms with Crippen molar-refractivity contribution >= 4 is 17.5 Å². The topological polar surface area (TPSA) is 93.8 Å². The maximum Gasteiger partial charge on any atom is 0.329 e. The second kappa shape index (κ2) is 7.69. The van der Waals surface area contributed by atoms with Crippen molar-refractivity contribution in [2.75, 3.05) is 0 Å². The van der Waals surface area contributed by atoms with E-state index in [1.54, 1.807) is 12.1 Å². The van der Waals surface area contributed by atoms with Gasteiger partial charge in [0.2, 0.25) is 0 Å². The van der Waals surface area contributed by atoms with Crippen LogP contribution >= 0.6 is 0 Å². The maximum atomic E-state index is 11.0. The van der Waals surface area contributed by atoms with E-state index in [-0.39, 0.29) is 11.5 Å². The van der Waals surface area contributed by atoms with E-state index in [1.165, 1.54) is 19.1 Å². The van der Waals surface area contributed by atoms with Crippen molar-refractivity contribution in [3.05, 3.63) is 75.8 Å². The van der Waals surface area contributed by atoms with Crippen LogP contribution in [0.5, 0.6) is 0 Å². The van der Waals surface area contributed by atoms with Gasteiger partial charge in [-0.1, -0.05) is 42.5 Å². The highest BCUT2D eigenvalue weighted by Crippen LogP contribution is 2.14. The average molecular weight is 313 g/mol. The van der Waals surface area contributed by atoms with Crippen LogP contribution in [-0.4, -0.2) is 16.7 Å². The number of carbonyl (C=O) groups excluding carboxylic acids is 1. The van der Waals surface area contributed by atoms with Gasteiger partial charge in [-0.3, -0.25) is 19.9 Å². The van der Waals surface area contributed by atoms with E-state index in [1.807, 2.05) is 30.3 Å². The van der Waals surface area contributed by atoms with Gasteiger partial charge in [-0.15, -0.1) is 0 Å². The SMILES string of the molecule is CC(=O)ONC(=NCc1ccccc1)c1cccc([N+](=O)[O-])c1. The number of aliphatic imine (C=N–C) groups is 1. The van der Waals surface area contributed by atoms with Crippen LogP contribution in [0.3, 0.4) is 0 Å². The first-order chi connectivity index (χ1) is 11.1. The molecule has 2 aromatic rings. The molecule has 23 heavy (non-hydrogen) atoms. The molecule has 0 aliphatic rings. The first-order valence-electron chi connectivity index (χ1n) is 6.83. The Labute approximate surface area is 132 Å². The molecule has 2 rings (SSSR count). The molecule has 0 fully saturated rings. The third-order valence-electron chi connectivity index (χ3n) is 2.88. The monoisotopic (exact) mass is 313 g/mol. The number of carbonyl (C=O) groups is 1. The van der Waals surface area contributed by atoms with Gasteiger partial charge < -0.3 is 4.84 Å².